The molecule has 2 atom stereocenters. The van der Waals surface area contributed by atoms with Crippen molar-refractivity contribution in [3.63, 3.8) is 0 Å². The van der Waals surface area contributed by atoms with Gasteiger partial charge in [-0.1, -0.05) is 18.2 Å². The van der Waals surface area contributed by atoms with E-state index in [4.69, 9.17) is 0 Å². The molecule has 0 saturated carbocycles. The van der Waals surface area contributed by atoms with Gasteiger partial charge in [-0.3, -0.25) is 75.6 Å². The Hall–Kier alpha value is -5.70. The summed E-state index contributed by atoms with van der Waals surface area (Å²) in [5.41, 5.74) is -15.3. The number of hydrogen-bond acceptors (Lipinski definition) is 14. The standard InChI is InChI=1S/C14H10N8O14/c23-10(15-8-4-2-1-3-5-8)11(24)16-12(18(27)28)7-6-9(17(25)26)13(19(29)30,20(31)32)14(12,21(33)34)22(35)36/h1-7,9H,(H,15,23)(H,16,24). The molecule has 0 spiro atoms. The first-order valence-electron chi connectivity index (χ1n) is 8.88. The maximum atomic E-state index is 12.4. The Morgan fingerprint density at radius 1 is 0.722 bits per heavy atom. The van der Waals surface area contributed by atoms with Gasteiger partial charge >= 0.3 is 34.8 Å². The van der Waals surface area contributed by atoms with Crippen LogP contribution in [0.25, 0.3) is 0 Å². The Bertz CT molecular complexity index is 1200. The second-order valence-corrected chi connectivity index (χ2v) is 6.81. The van der Waals surface area contributed by atoms with E-state index < -0.39 is 64.4 Å². The van der Waals surface area contributed by atoms with Crippen molar-refractivity contribution < 1.29 is 39.1 Å². The molecule has 22 heteroatoms. The van der Waals surface area contributed by atoms with Crippen molar-refractivity contribution in [1.29, 1.82) is 0 Å². The summed E-state index contributed by atoms with van der Waals surface area (Å²) in [7, 11) is 0. The van der Waals surface area contributed by atoms with E-state index in [1.807, 2.05) is 5.32 Å². The van der Waals surface area contributed by atoms with E-state index in [0.29, 0.717) is 0 Å². The first kappa shape index (κ1) is 26.6. The van der Waals surface area contributed by atoms with Gasteiger partial charge in [0, 0.05) is 22.8 Å². The minimum Gasteiger partial charge on any atom is -0.318 e. The second-order valence-electron chi connectivity index (χ2n) is 6.81. The van der Waals surface area contributed by atoms with E-state index in [9.17, 15) is 70.3 Å². The fraction of sp³-hybridized carbons (Fsp3) is 0.286. The molecule has 2 amide bonds. The van der Waals surface area contributed by atoms with Crippen molar-refractivity contribution in [1.82, 2.24) is 5.32 Å². The molecule has 36 heavy (non-hydrogen) atoms. The normalized spacial score (nSPS) is 21.4. The highest BCUT2D eigenvalue weighted by Crippen LogP contribution is 2.47. The molecule has 0 bridgehead atoms. The first-order chi connectivity index (χ1) is 16.6. The van der Waals surface area contributed by atoms with Crippen molar-refractivity contribution in [2.45, 2.75) is 23.0 Å². The van der Waals surface area contributed by atoms with Crippen LogP contribution in [0.2, 0.25) is 0 Å². The van der Waals surface area contributed by atoms with E-state index in [2.05, 4.69) is 0 Å². The van der Waals surface area contributed by atoms with E-state index in [-0.39, 0.29) is 17.8 Å². The molecule has 1 aromatic rings. The summed E-state index contributed by atoms with van der Waals surface area (Å²) in [6, 6.07) is 3.04. The topological polar surface area (TPSA) is 317 Å². The summed E-state index contributed by atoms with van der Waals surface area (Å²) >= 11 is 0. The summed E-state index contributed by atoms with van der Waals surface area (Å²) in [6.45, 7) is 0. The Balaban J connectivity index is 2.93. The highest BCUT2D eigenvalue weighted by atomic mass is 16.7. The third-order valence-electron chi connectivity index (χ3n) is 5.12. The number of hydrogen-bond donors (Lipinski definition) is 2. The van der Waals surface area contributed by atoms with Gasteiger partial charge in [-0.05, 0) is 12.1 Å². The molecule has 22 nitrogen and oxygen atoms in total. The van der Waals surface area contributed by atoms with Crippen molar-refractivity contribution in [2.75, 3.05) is 5.32 Å². The Labute approximate surface area is 194 Å². The summed E-state index contributed by atoms with van der Waals surface area (Å²) < 4.78 is 0. The number of nitrogens with zero attached hydrogens (tertiary/aromatic N) is 6. The van der Waals surface area contributed by atoms with Crippen LogP contribution in [0.1, 0.15) is 0 Å². The monoisotopic (exact) mass is 514 g/mol. The molecule has 1 aliphatic carbocycles. The molecular formula is C14H10N8O14. The van der Waals surface area contributed by atoms with Gasteiger partial charge < -0.3 is 5.32 Å². The van der Waals surface area contributed by atoms with Crippen LogP contribution >= 0.6 is 0 Å². The van der Waals surface area contributed by atoms with Crippen molar-refractivity contribution in [2.24, 2.45) is 0 Å². The fourth-order valence-electron chi connectivity index (χ4n) is 3.64. The number of amides is 2. The van der Waals surface area contributed by atoms with Gasteiger partial charge in [-0.2, -0.15) is 0 Å². The van der Waals surface area contributed by atoms with Gasteiger partial charge in [-0.25, -0.2) is 0 Å². The highest BCUT2D eigenvalue weighted by molar-refractivity contribution is 6.39. The number of anilines is 1. The highest BCUT2D eigenvalue weighted by Gasteiger charge is 3.10. The van der Waals surface area contributed by atoms with Gasteiger partial charge in [0.25, 0.3) is 0 Å². The van der Waals surface area contributed by atoms with Gasteiger partial charge in [0.2, 0.25) is 0 Å². The van der Waals surface area contributed by atoms with Crippen LogP contribution in [-0.4, -0.2) is 64.4 Å². The van der Waals surface area contributed by atoms with Crippen LogP contribution < -0.4 is 10.6 Å². The number of benzene rings is 1. The smallest absolute Gasteiger partial charge is 0.318 e. The van der Waals surface area contributed by atoms with Crippen LogP contribution in [0.15, 0.2) is 42.5 Å². The maximum Gasteiger partial charge on any atom is 0.695 e. The zero-order valence-corrected chi connectivity index (χ0v) is 17.0. The van der Waals surface area contributed by atoms with Crippen LogP contribution in [0.5, 0.6) is 0 Å². The summed E-state index contributed by atoms with van der Waals surface area (Å²) in [5.74, 6) is -4.09. The first-order valence-corrected chi connectivity index (χ1v) is 8.88. The molecule has 2 unspecified atom stereocenters. The molecule has 0 saturated heterocycles. The predicted octanol–water partition coefficient (Wildman–Crippen LogP) is -1.57. The number of carbonyl (C=O) groups excluding carboxylic acids is 2. The van der Waals surface area contributed by atoms with Gasteiger partial charge in [-0.15, -0.1) is 0 Å². The lowest BCUT2D eigenvalue weighted by molar-refractivity contribution is -0.976. The minimum absolute atomic E-state index is 0.125. The zero-order chi connectivity index (χ0) is 27.6. The second kappa shape index (κ2) is 8.92. The Kier molecular flexibility index (Phi) is 6.58. The van der Waals surface area contributed by atoms with Crippen molar-refractivity contribution >= 4 is 17.5 Å². The number of nitrogens with one attached hydrogen (secondary N) is 2. The number of nitro groups is 6. The van der Waals surface area contributed by atoms with Crippen molar-refractivity contribution in [3.8, 4) is 0 Å². The SMILES string of the molecule is O=C(Nc1ccccc1)C(=O)NC1([N+](=O)[O-])C=CC([N+](=O)[O-])C([N+](=O)[O-])([N+](=O)[O-])C1([N+](=O)[O-])[N+](=O)[O-]. The van der Waals surface area contributed by atoms with E-state index in [1.165, 1.54) is 30.3 Å². The number of rotatable bonds is 8. The number of carbonyl (C=O) groups is 2. The number of para-hydroxylation sites is 1. The summed E-state index contributed by atoms with van der Waals surface area (Å²) in [6.07, 6.45) is -0.611. The molecule has 2 rings (SSSR count). The summed E-state index contributed by atoms with van der Waals surface area (Å²) in [4.78, 5) is 82.1. The molecule has 1 aromatic carbocycles. The van der Waals surface area contributed by atoms with Crippen molar-refractivity contribution in [3.05, 3.63) is 103 Å². The molecule has 0 aliphatic heterocycles. The van der Waals surface area contributed by atoms with Crippen LogP contribution in [0, 0.1) is 60.7 Å². The molecule has 1 aliphatic rings. The summed E-state index contributed by atoms with van der Waals surface area (Å²) in [5, 5.41) is 73.9. The molecule has 2 N–H and O–H groups in total. The fourth-order valence-corrected chi connectivity index (χ4v) is 3.64. The molecule has 0 heterocycles. The molecule has 0 aromatic heterocycles. The Morgan fingerprint density at radius 2 is 1.22 bits per heavy atom. The zero-order valence-electron chi connectivity index (χ0n) is 17.0. The minimum atomic E-state index is -5.40. The van der Waals surface area contributed by atoms with Crippen LogP contribution in [-0.2, 0) is 9.59 Å². The quantitative estimate of drug-likeness (QED) is 0.130. The third-order valence-corrected chi connectivity index (χ3v) is 5.12. The van der Waals surface area contributed by atoms with E-state index >= 15 is 0 Å². The van der Waals surface area contributed by atoms with Crippen LogP contribution in [0.4, 0.5) is 5.69 Å². The van der Waals surface area contributed by atoms with Crippen LogP contribution in [0.3, 0.4) is 0 Å². The lowest BCUT2D eigenvalue weighted by atomic mass is 9.72. The third kappa shape index (κ3) is 3.35. The average Bonchev–Trinajstić information content (AvgIpc) is 2.77. The molecular weight excluding hydrogens is 504 g/mol. The van der Waals surface area contributed by atoms with Gasteiger partial charge in [0.15, 0.2) is 0 Å². The van der Waals surface area contributed by atoms with E-state index in [0.717, 1.165) is 5.32 Å². The average molecular weight is 514 g/mol. The maximum absolute atomic E-state index is 12.4. The largest absolute Gasteiger partial charge is 0.695 e. The predicted molar refractivity (Wildman–Crippen MR) is 106 cm³/mol. The molecule has 0 radical (unpaired) electrons. The van der Waals surface area contributed by atoms with E-state index in [1.54, 1.807) is 0 Å². The Morgan fingerprint density at radius 3 is 1.61 bits per heavy atom. The molecule has 0 fully saturated rings. The molecule has 190 valence electrons. The lowest BCUT2D eigenvalue weighted by Crippen LogP contribution is -2.89. The lowest BCUT2D eigenvalue weighted by Gasteiger charge is -2.33. The van der Waals surface area contributed by atoms with Gasteiger partial charge in [0.1, 0.15) is 19.7 Å². The van der Waals surface area contributed by atoms with Gasteiger partial charge in [0.05, 0.1) is 4.92 Å².